The molecule has 172 valence electrons. The molecular formula is C24H32Cl4N2O. The summed E-state index contributed by atoms with van der Waals surface area (Å²) >= 11 is 12.6. The molecule has 1 aliphatic carbocycles. The largest absolute Gasteiger partial charge is 0.389 e. The molecule has 0 radical (unpaired) electrons. The van der Waals surface area contributed by atoms with E-state index in [4.69, 9.17) is 23.2 Å². The number of hydrogen-bond acceptors (Lipinski definition) is 3. The first-order valence-corrected chi connectivity index (χ1v) is 11.5. The smallest absolute Gasteiger partial charge is 0.0728 e. The predicted octanol–water partition coefficient (Wildman–Crippen LogP) is 6.19. The summed E-state index contributed by atoms with van der Waals surface area (Å²) in [5, 5.41) is 16.4. The Hall–Kier alpha value is -0.520. The van der Waals surface area contributed by atoms with Crippen molar-refractivity contribution in [3.05, 3.63) is 58.1 Å². The molecule has 0 bridgehead atoms. The van der Waals surface area contributed by atoms with Crippen molar-refractivity contribution in [3.8, 4) is 11.1 Å². The lowest BCUT2D eigenvalue weighted by Crippen LogP contribution is -2.49. The van der Waals surface area contributed by atoms with Crippen LogP contribution in [0.3, 0.4) is 0 Å². The van der Waals surface area contributed by atoms with Crippen LogP contribution in [-0.2, 0) is 0 Å². The summed E-state index contributed by atoms with van der Waals surface area (Å²) < 4.78 is 0. The number of piperazine rings is 1. The van der Waals surface area contributed by atoms with Gasteiger partial charge in [0.25, 0.3) is 0 Å². The lowest BCUT2D eigenvalue weighted by Gasteiger charge is -2.42. The number of halogens is 4. The predicted molar refractivity (Wildman–Crippen MR) is 136 cm³/mol. The number of nitrogens with zero attached hydrogens (tertiary/aromatic N) is 1. The second kappa shape index (κ2) is 12.1. The monoisotopic (exact) mass is 504 g/mol. The number of rotatable bonds is 5. The fourth-order valence-corrected chi connectivity index (χ4v) is 5.26. The molecule has 1 unspecified atom stereocenters. The summed E-state index contributed by atoms with van der Waals surface area (Å²) in [4.78, 5) is 2.50. The highest BCUT2D eigenvalue weighted by molar-refractivity contribution is 6.35. The minimum absolute atomic E-state index is 0. The van der Waals surface area contributed by atoms with Crippen LogP contribution in [0.25, 0.3) is 11.1 Å². The van der Waals surface area contributed by atoms with Crippen LogP contribution >= 0.6 is 48.0 Å². The molecule has 4 rings (SSSR count). The van der Waals surface area contributed by atoms with Crippen molar-refractivity contribution in [3.63, 3.8) is 0 Å². The van der Waals surface area contributed by atoms with E-state index in [1.54, 1.807) is 0 Å². The summed E-state index contributed by atoms with van der Waals surface area (Å²) in [5.74, 6) is 0.129. The molecule has 1 atom stereocenters. The summed E-state index contributed by atoms with van der Waals surface area (Å²) in [6, 6.07) is 14.1. The van der Waals surface area contributed by atoms with Gasteiger partial charge in [0.15, 0.2) is 0 Å². The number of aliphatic hydroxyl groups is 1. The molecule has 0 spiro atoms. The molecule has 2 N–H and O–H groups in total. The Morgan fingerprint density at radius 2 is 1.58 bits per heavy atom. The Labute approximate surface area is 208 Å². The van der Waals surface area contributed by atoms with Crippen LogP contribution in [-0.4, -0.2) is 48.3 Å². The zero-order chi connectivity index (χ0) is 20.3. The van der Waals surface area contributed by atoms with Crippen molar-refractivity contribution >= 4 is 48.0 Å². The average Bonchev–Trinajstić information content (AvgIpc) is 2.75. The third-order valence-corrected chi connectivity index (χ3v) is 7.14. The minimum Gasteiger partial charge on any atom is -0.389 e. The van der Waals surface area contributed by atoms with E-state index in [9.17, 15) is 5.11 Å². The van der Waals surface area contributed by atoms with Gasteiger partial charge in [0.1, 0.15) is 0 Å². The fraction of sp³-hybridized carbons (Fsp3) is 0.500. The van der Waals surface area contributed by atoms with Gasteiger partial charge in [-0.2, -0.15) is 0 Å². The van der Waals surface area contributed by atoms with Gasteiger partial charge in [-0.05, 0) is 42.2 Å². The lowest BCUT2D eigenvalue weighted by atomic mass is 9.72. The molecule has 1 aliphatic heterocycles. The summed E-state index contributed by atoms with van der Waals surface area (Å²) in [7, 11) is 0. The standard InChI is InChI=1S/C24H30Cl2N2O.2ClH/c25-20-8-9-23(26)21(16-20)18-4-6-19(7-5-18)22(17-28-14-12-27-13-15-28)24(29)10-2-1-3-11-24;;/h4-9,16,22,27,29H,1-3,10-15,17H2;2*1H. The first kappa shape index (κ1) is 26.7. The number of hydrogen-bond donors (Lipinski definition) is 2. The van der Waals surface area contributed by atoms with Crippen LogP contribution < -0.4 is 5.32 Å². The molecule has 1 saturated carbocycles. The first-order valence-electron chi connectivity index (χ1n) is 10.8. The normalized spacial score (nSPS) is 19.7. The van der Waals surface area contributed by atoms with Gasteiger partial charge in [-0.1, -0.05) is 66.7 Å². The van der Waals surface area contributed by atoms with Crippen molar-refractivity contribution in [1.82, 2.24) is 10.2 Å². The molecule has 1 heterocycles. The van der Waals surface area contributed by atoms with E-state index in [1.807, 2.05) is 18.2 Å². The van der Waals surface area contributed by atoms with Crippen LogP contribution in [0.5, 0.6) is 0 Å². The van der Waals surface area contributed by atoms with Gasteiger partial charge >= 0.3 is 0 Å². The number of nitrogens with one attached hydrogen (secondary N) is 1. The molecule has 31 heavy (non-hydrogen) atoms. The van der Waals surface area contributed by atoms with E-state index in [0.717, 1.165) is 69.5 Å². The quantitative estimate of drug-likeness (QED) is 0.508. The maximum atomic E-state index is 11.6. The third kappa shape index (κ3) is 6.51. The van der Waals surface area contributed by atoms with Crippen LogP contribution in [0.15, 0.2) is 42.5 Å². The van der Waals surface area contributed by atoms with E-state index in [-0.39, 0.29) is 30.7 Å². The highest BCUT2D eigenvalue weighted by Gasteiger charge is 2.39. The molecule has 2 aliphatic rings. The van der Waals surface area contributed by atoms with Gasteiger partial charge in [-0.3, -0.25) is 0 Å². The van der Waals surface area contributed by atoms with Crippen LogP contribution in [0.1, 0.15) is 43.6 Å². The highest BCUT2D eigenvalue weighted by atomic mass is 35.5. The van der Waals surface area contributed by atoms with Crippen molar-refractivity contribution in [1.29, 1.82) is 0 Å². The van der Waals surface area contributed by atoms with Crippen molar-refractivity contribution < 1.29 is 5.11 Å². The Balaban J connectivity index is 0.00000171. The molecule has 7 heteroatoms. The van der Waals surface area contributed by atoms with Gasteiger partial charge in [-0.25, -0.2) is 0 Å². The highest BCUT2D eigenvalue weighted by Crippen LogP contribution is 2.41. The fourth-order valence-electron chi connectivity index (χ4n) is 4.86. The third-order valence-electron chi connectivity index (χ3n) is 6.57. The number of benzene rings is 2. The Morgan fingerprint density at radius 1 is 0.935 bits per heavy atom. The maximum Gasteiger partial charge on any atom is 0.0728 e. The summed E-state index contributed by atoms with van der Waals surface area (Å²) in [5.41, 5.74) is 2.60. The molecule has 1 saturated heterocycles. The van der Waals surface area contributed by atoms with E-state index in [1.165, 1.54) is 12.0 Å². The van der Waals surface area contributed by atoms with Crippen LogP contribution in [0, 0.1) is 0 Å². The van der Waals surface area contributed by atoms with Gasteiger partial charge < -0.3 is 15.3 Å². The molecular weight excluding hydrogens is 474 g/mol. The van der Waals surface area contributed by atoms with Gasteiger partial charge in [0, 0.05) is 54.3 Å². The zero-order valence-electron chi connectivity index (χ0n) is 17.7. The minimum atomic E-state index is -0.613. The lowest BCUT2D eigenvalue weighted by molar-refractivity contribution is -0.0316. The Kier molecular flexibility index (Phi) is 10.4. The maximum absolute atomic E-state index is 11.6. The van der Waals surface area contributed by atoms with Crippen LogP contribution in [0.4, 0.5) is 0 Å². The Bertz CT molecular complexity index is 819. The summed E-state index contributed by atoms with van der Waals surface area (Å²) in [6.07, 6.45) is 5.25. The molecule has 0 aromatic heterocycles. The zero-order valence-corrected chi connectivity index (χ0v) is 20.8. The second-order valence-corrected chi connectivity index (χ2v) is 9.36. The van der Waals surface area contributed by atoms with Gasteiger partial charge in [0.05, 0.1) is 5.60 Å². The van der Waals surface area contributed by atoms with Crippen molar-refractivity contribution in [2.75, 3.05) is 32.7 Å². The Morgan fingerprint density at radius 3 is 2.23 bits per heavy atom. The molecule has 2 aromatic rings. The van der Waals surface area contributed by atoms with E-state index < -0.39 is 5.60 Å². The summed E-state index contributed by atoms with van der Waals surface area (Å²) in [6.45, 7) is 5.05. The molecule has 2 aromatic carbocycles. The van der Waals surface area contributed by atoms with Gasteiger partial charge in [-0.15, -0.1) is 24.8 Å². The van der Waals surface area contributed by atoms with Crippen LogP contribution in [0.2, 0.25) is 10.0 Å². The van der Waals surface area contributed by atoms with E-state index in [2.05, 4.69) is 34.5 Å². The molecule has 0 amide bonds. The van der Waals surface area contributed by atoms with E-state index in [0.29, 0.717) is 10.0 Å². The van der Waals surface area contributed by atoms with Crippen molar-refractivity contribution in [2.24, 2.45) is 0 Å². The average molecular weight is 506 g/mol. The van der Waals surface area contributed by atoms with Crippen molar-refractivity contribution in [2.45, 2.75) is 43.6 Å². The first-order chi connectivity index (χ1) is 14.0. The molecule has 2 fully saturated rings. The topological polar surface area (TPSA) is 35.5 Å². The SMILES string of the molecule is Cl.Cl.OC1(C(CN2CCNCC2)c2ccc(-c3cc(Cl)ccc3Cl)cc2)CCCCC1. The van der Waals surface area contributed by atoms with E-state index >= 15 is 0 Å². The van der Waals surface area contributed by atoms with Gasteiger partial charge in [0.2, 0.25) is 0 Å². The second-order valence-electron chi connectivity index (χ2n) is 8.51. The molecule has 3 nitrogen and oxygen atoms in total.